The van der Waals surface area contributed by atoms with E-state index in [1.165, 1.54) is 6.07 Å². The number of hydrogen-bond acceptors (Lipinski definition) is 5. The summed E-state index contributed by atoms with van der Waals surface area (Å²) in [5.41, 5.74) is 0.776. The summed E-state index contributed by atoms with van der Waals surface area (Å²) in [6, 6.07) is 4.92. The van der Waals surface area contributed by atoms with Crippen molar-refractivity contribution >= 4 is 11.8 Å². The highest BCUT2D eigenvalue weighted by molar-refractivity contribution is 5.96. The monoisotopic (exact) mass is 433 g/mol. The Balaban J connectivity index is 1.90. The molecular formula is C24H39N3O4. The summed E-state index contributed by atoms with van der Waals surface area (Å²) in [7, 11) is 0. The number of phenols is 1. The topological polar surface area (TPSA) is 111 Å². The Bertz CT molecular complexity index is 780. The van der Waals surface area contributed by atoms with Crippen molar-refractivity contribution in [1.82, 2.24) is 16.0 Å². The minimum atomic E-state index is -0.363. The van der Waals surface area contributed by atoms with Crippen LogP contribution in [-0.4, -0.2) is 52.8 Å². The van der Waals surface area contributed by atoms with Crippen molar-refractivity contribution in [2.24, 2.45) is 5.92 Å². The smallest absolute Gasteiger partial charge is 0.251 e. The van der Waals surface area contributed by atoms with Gasteiger partial charge in [0, 0.05) is 41.3 Å². The second kappa shape index (κ2) is 10.0. The average Bonchev–Trinajstić information content (AvgIpc) is 2.65. The number of carbonyl (C=O) groups excluding carboxylic acids is 2. The number of rotatable bonds is 6. The van der Waals surface area contributed by atoms with E-state index in [1.54, 1.807) is 12.1 Å². The van der Waals surface area contributed by atoms with E-state index in [1.807, 2.05) is 20.8 Å². The van der Waals surface area contributed by atoms with Crippen molar-refractivity contribution in [2.45, 2.75) is 83.8 Å². The molecule has 31 heavy (non-hydrogen) atoms. The van der Waals surface area contributed by atoms with E-state index in [0.717, 1.165) is 19.3 Å². The van der Waals surface area contributed by atoms with Gasteiger partial charge in [-0.25, -0.2) is 0 Å². The molecule has 1 aromatic carbocycles. The fraction of sp³-hybridized carbons (Fsp3) is 0.667. The third-order valence-corrected chi connectivity index (χ3v) is 5.68. The van der Waals surface area contributed by atoms with E-state index >= 15 is 0 Å². The van der Waals surface area contributed by atoms with Gasteiger partial charge in [-0.3, -0.25) is 9.59 Å². The molecule has 1 aliphatic rings. The molecule has 1 aromatic rings. The van der Waals surface area contributed by atoms with Crippen LogP contribution in [0, 0.1) is 5.92 Å². The minimum Gasteiger partial charge on any atom is -0.508 e. The number of nitrogens with one attached hydrogen (secondary N) is 3. The first-order chi connectivity index (χ1) is 14.3. The lowest BCUT2D eigenvalue weighted by molar-refractivity contribution is -0.121. The molecule has 0 aliphatic heterocycles. The van der Waals surface area contributed by atoms with Crippen molar-refractivity contribution in [2.75, 3.05) is 13.2 Å². The Labute approximate surface area is 186 Å². The molecule has 0 spiro atoms. The molecule has 1 saturated carbocycles. The number of aromatic hydroxyl groups is 1. The van der Waals surface area contributed by atoms with Crippen molar-refractivity contribution in [1.29, 1.82) is 0 Å². The van der Waals surface area contributed by atoms with Crippen LogP contribution < -0.4 is 16.0 Å². The highest BCUT2D eigenvalue weighted by Gasteiger charge is 2.32. The molecule has 7 heteroatoms. The van der Waals surface area contributed by atoms with Gasteiger partial charge in [0.15, 0.2) is 0 Å². The molecule has 0 radical (unpaired) electrons. The molecule has 0 heterocycles. The molecule has 2 amide bonds. The van der Waals surface area contributed by atoms with Gasteiger partial charge in [-0.1, -0.05) is 20.8 Å². The minimum absolute atomic E-state index is 0.00607. The van der Waals surface area contributed by atoms with Gasteiger partial charge in [0.2, 0.25) is 5.91 Å². The van der Waals surface area contributed by atoms with Crippen molar-refractivity contribution < 1.29 is 19.8 Å². The van der Waals surface area contributed by atoms with Crippen LogP contribution in [0.5, 0.6) is 5.75 Å². The third kappa shape index (κ3) is 7.51. The molecule has 0 saturated heterocycles. The zero-order valence-electron chi connectivity index (χ0n) is 19.7. The fourth-order valence-electron chi connectivity index (χ4n) is 4.20. The average molecular weight is 434 g/mol. The maximum absolute atomic E-state index is 12.5. The first-order valence-electron chi connectivity index (χ1n) is 11.1. The van der Waals surface area contributed by atoms with Crippen LogP contribution in [0.15, 0.2) is 18.2 Å². The second-order valence-electron chi connectivity index (χ2n) is 10.7. The number of aliphatic hydroxyl groups is 1. The van der Waals surface area contributed by atoms with Gasteiger partial charge in [-0.05, 0) is 63.6 Å². The van der Waals surface area contributed by atoms with E-state index in [0.29, 0.717) is 17.2 Å². The van der Waals surface area contributed by atoms with Crippen molar-refractivity contribution in [3.05, 3.63) is 29.3 Å². The first kappa shape index (κ1) is 25.1. The zero-order chi connectivity index (χ0) is 23.4. The second-order valence-corrected chi connectivity index (χ2v) is 10.7. The summed E-state index contributed by atoms with van der Waals surface area (Å²) in [6.07, 6.45) is 2.51. The molecule has 174 valence electrons. The van der Waals surface area contributed by atoms with Crippen molar-refractivity contribution in [3.8, 4) is 5.75 Å². The van der Waals surface area contributed by atoms with E-state index in [-0.39, 0.29) is 53.6 Å². The van der Waals surface area contributed by atoms with Crippen LogP contribution in [0.1, 0.15) is 76.7 Å². The van der Waals surface area contributed by atoms with Gasteiger partial charge in [0.25, 0.3) is 5.91 Å². The lowest BCUT2D eigenvalue weighted by atomic mass is 9.81. The molecular weight excluding hydrogens is 394 g/mol. The lowest BCUT2D eigenvalue weighted by Gasteiger charge is -2.39. The van der Waals surface area contributed by atoms with E-state index < -0.39 is 0 Å². The number of phenolic OH excluding ortho intramolecular Hbond substituents is 1. The SMILES string of the molecule is CC(C)(C)N[C@@H]1CC[C@H](NC(=O)CNC(=O)c2ccc(O)c(C(C)(C)C)c2)[C@H](CO)C1. The summed E-state index contributed by atoms with van der Waals surface area (Å²) in [6.45, 7) is 12.1. The fourth-order valence-corrected chi connectivity index (χ4v) is 4.20. The summed E-state index contributed by atoms with van der Waals surface area (Å²) in [5.74, 6) is -0.501. The highest BCUT2D eigenvalue weighted by atomic mass is 16.3. The molecule has 2 rings (SSSR count). The lowest BCUT2D eigenvalue weighted by Crippen LogP contribution is -2.53. The molecule has 3 atom stereocenters. The van der Waals surface area contributed by atoms with Crippen LogP contribution in [0.3, 0.4) is 0 Å². The molecule has 1 fully saturated rings. The Hall–Kier alpha value is -2.12. The van der Waals surface area contributed by atoms with Gasteiger partial charge in [-0.2, -0.15) is 0 Å². The number of benzene rings is 1. The largest absolute Gasteiger partial charge is 0.508 e. The Morgan fingerprint density at radius 1 is 1.10 bits per heavy atom. The zero-order valence-corrected chi connectivity index (χ0v) is 19.7. The Morgan fingerprint density at radius 3 is 2.35 bits per heavy atom. The van der Waals surface area contributed by atoms with Gasteiger partial charge in [0.1, 0.15) is 5.75 Å². The Morgan fingerprint density at radius 2 is 1.77 bits per heavy atom. The first-order valence-corrected chi connectivity index (χ1v) is 11.1. The van der Waals surface area contributed by atoms with E-state index in [9.17, 15) is 19.8 Å². The molecule has 7 nitrogen and oxygen atoms in total. The van der Waals surface area contributed by atoms with Crippen LogP contribution in [0.25, 0.3) is 0 Å². The number of hydrogen-bond donors (Lipinski definition) is 5. The van der Waals surface area contributed by atoms with E-state index in [4.69, 9.17) is 0 Å². The number of aliphatic hydroxyl groups excluding tert-OH is 1. The predicted octanol–water partition coefficient (Wildman–Crippen LogP) is 2.45. The quantitative estimate of drug-likeness (QED) is 0.473. The summed E-state index contributed by atoms with van der Waals surface area (Å²) in [4.78, 5) is 24.9. The number of amides is 2. The normalized spacial score (nSPS) is 22.1. The van der Waals surface area contributed by atoms with Crippen LogP contribution in [-0.2, 0) is 10.2 Å². The summed E-state index contributed by atoms with van der Waals surface area (Å²) >= 11 is 0. The molecule has 0 bridgehead atoms. The van der Waals surface area contributed by atoms with Crippen LogP contribution >= 0.6 is 0 Å². The standard InChI is InChI=1S/C24H39N3O4/c1-23(2,3)18-12-15(7-10-20(18)29)22(31)25-13-21(30)26-19-9-8-17(11-16(19)14-28)27-24(4,5)6/h7,10,12,16-17,19,27-29H,8-9,11,13-14H2,1-6H3,(H,25,31)(H,26,30)/t16-,17+,19-/m0/s1. The van der Waals surface area contributed by atoms with Crippen LogP contribution in [0.4, 0.5) is 0 Å². The van der Waals surface area contributed by atoms with Gasteiger partial charge < -0.3 is 26.2 Å². The summed E-state index contributed by atoms with van der Waals surface area (Å²) in [5, 5.41) is 29.1. The molecule has 0 aromatic heterocycles. The maximum atomic E-state index is 12.5. The number of carbonyl (C=O) groups is 2. The maximum Gasteiger partial charge on any atom is 0.251 e. The van der Waals surface area contributed by atoms with Gasteiger partial charge in [0.05, 0.1) is 6.54 Å². The summed E-state index contributed by atoms with van der Waals surface area (Å²) < 4.78 is 0. The third-order valence-electron chi connectivity index (χ3n) is 5.68. The predicted molar refractivity (Wildman–Crippen MR) is 122 cm³/mol. The molecule has 5 N–H and O–H groups in total. The molecule has 1 aliphatic carbocycles. The molecule has 0 unspecified atom stereocenters. The van der Waals surface area contributed by atoms with Gasteiger partial charge >= 0.3 is 0 Å². The highest BCUT2D eigenvalue weighted by Crippen LogP contribution is 2.31. The van der Waals surface area contributed by atoms with Crippen molar-refractivity contribution in [3.63, 3.8) is 0 Å². The Kier molecular flexibility index (Phi) is 8.11. The van der Waals surface area contributed by atoms with E-state index in [2.05, 4.69) is 36.7 Å². The van der Waals surface area contributed by atoms with Crippen LogP contribution in [0.2, 0.25) is 0 Å². The van der Waals surface area contributed by atoms with Gasteiger partial charge in [-0.15, -0.1) is 0 Å².